The van der Waals surface area contributed by atoms with Gasteiger partial charge in [0.1, 0.15) is 18.8 Å². The molecule has 118 valence electrons. The van der Waals surface area contributed by atoms with E-state index in [9.17, 15) is 13.6 Å². The molecule has 0 aliphatic carbocycles. The van der Waals surface area contributed by atoms with E-state index in [-0.39, 0.29) is 17.5 Å². The van der Waals surface area contributed by atoms with Crippen LogP contribution in [0.5, 0.6) is 0 Å². The molecule has 2 aromatic heterocycles. The van der Waals surface area contributed by atoms with Crippen LogP contribution in [0.1, 0.15) is 23.9 Å². The molecule has 3 unspecified atom stereocenters. The van der Waals surface area contributed by atoms with Crippen LogP contribution in [0.2, 0.25) is 0 Å². The molecule has 0 spiro atoms. The molecule has 2 aliphatic rings. The first kappa shape index (κ1) is 14.2. The number of aromatic amines is 1. The Labute approximate surface area is 128 Å². The third-order valence-electron chi connectivity index (χ3n) is 4.22. The highest BCUT2D eigenvalue weighted by atomic mass is 19.3. The van der Waals surface area contributed by atoms with E-state index in [0.29, 0.717) is 11.2 Å². The first-order chi connectivity index (χ1) is 11.0. The van der Waals surface area contributed by atoms with Gasteiger partial charge in [-0.3, -0.25) is 4.79 Å². The van der Waals surface area contributed by atoms with Crippen molar-refractivity contribution < 1.29 is 18.3 Å². The number of ether oxygens (including phenoxy) is 2. The van der Waals surface area contributed by atoms with E-state index in [4.69, 9.17) is 14.7 Å². The van der Waals surface area contributed by atoms with E-state index >= 15 is 0 Å². The molecule has 4 heterocycles. The maximum absolute atomic E-state index is 13.7. The van der Waals surface area contributed by atoms with Gasteiger partial charge >= 0.3 is 0 Å². The van der Waals surface area contributed by atoms with Crippen molar-refractivity contribution in [1.82, 2.24) is 9.97 Å². The molecule has 0 amide bonds. The molecular weight excluding hydrogens is 308 g/mol. The Morgan fingerprint density at radius 1 is 1.48 bits per heavy atom. The Kier molecular flexibility index (Phi) is 2.98. The van der Waals surface area contributed by atoms with Gasteiger partial charge in [-0.05, 0) is 6.07 Å². The maximum Gasteiger partial charge on any atom is 0.299 e. The smallest absolute Gasteiger partial charge is 0.299 e. The molecular formula is C15H11F2N3O3. The van der Waals surface area contributed by atoms with E-state index in [0.717, 1.165) is 0 Å². The molecule has 2 aliphatic heterocycles. The van der Waals surface area contributed by atoms with Crippen LogP contribution in [0.25, 0.3) is 10.9 Å². The SMILES string of the molecule is N#Cc1nccc2[nH]c(C3CC4OCC(F)(F)C4O3)cc(=O)c12. The summed E-state index contributed by atoms with van der Waals surface area (Å²) < 4.78 is 37.8. The zero-order valence-electron chi connectivity index (χ0n) is 11.8. The highest BCUT2D eigenvalue weighted by Gasteiger charge is 2.57. The highest BCUT2D eigenvalue weighted by Crippen LogP contribution is 2.44. The zero-order valence-corrected chi connectivity index (χ0v) is 11.8. The third-order valence-corrected chi connectivity index (χ3v) is 4.22. The summed E-state index contributed by atoms with van der Waals surface area (Å²) in [5, 5.41) is 9.20. The third kappa shape index (κ3) is 2.12. The average molecular weight is 319 g/mol. The van der Waals surface area contributed by atoms with E-state index in [1.165, 1.54) is 12.3 Å². The van der Waals surface area contributed by atoms with Crippen molar-refractivity contribution in [3.05, 3.63) is 39.9 Å². The van der Waals surface area contributed by atoms with Crippen LogP contribution in [-0.4, -0.2) is 34.7 Å². The number of pyridine rings is 2. The van der Waals surface area contributed by atoms with Crippen molar-refractivity contribution in [1.29, 1.82) is 5.26 Å². The van der Waals surface area contributed by atoms with Crippen LogP contribution in [0.3, 0.4) is 0 Å². The fourth-order valence-corrected chi connectivity index (χ4v) is 3.16. The van der Waals surface area contributed by atoms with E-state index in [2.05, 4.69) is 9.97 Å². The minimum Gasteiger partial charge on any atom is -0.369 e. The van der Waals surface area contributed by atoms with Crippen molar-refractivity contribution in [2.45, 2.75) is 30.7 Å². The summed E-state index contributed by atoms with van der Waals surface area (Å²) in [7, 11) is 0. The standard InChI is InChI=1S/C15H11F2N3O3/c16-15(17)6-22-12-4-11(23-14(12)15)8-3-10(21)13-7(20-8)1-2-19-9(13)5-18/h1-3,11-12,14H,4,6H2,(H,20,21). The summed E-state index contributed by atoms with van der Waals surface area (Å²) in [4.78, 5) is 19.1. The second-order valence-electron chi connectivity index (χ2n) is 5.67. The molecule has 0 radical (unpaired) electrons. The van der Waals surface area contributed by atoms with Gasteiger partial charge < -0.3 is 14.5 Å². The summed E-state index contributed by atoms with van der Waals surface area (Å²) in [6.45, 7) is -0.638. The number of aromatic nitrogens is 2. The number of H-pyrrole nitrogens is 1. The van der Waals surface area contributed by atoms with Crippen molar-refractivity contribution >= 4 is 10.9 Å². The van der Waals surface area contributed by atoms with Crippen molar-refractivity contribution in [3.63, 3.8) is 0 Å². The number of nitrogens with zero attached hydrogens (tertiary/aromatic N) is 2. The monoisotopic (exact) mass is 319 g/mol. The number of alkyl halides is 2. The summed E-state index contributed by atoms with van der Waals surface area (Å²) >= 11 is 0. The molecule has 23 heavy (non-hydrogen) atoms. The maximum atomic E-state index is 13.7. The Hall–Kier alpha value is -2.37. The number of fused-ring (bicyclic) bond motifs is 2. The summed E-state index contributed by atoms with van der Waals surface area (Å²) in [5.74, 6) is -3.02. The van der Waals surface area contributed by atoms with Crippen molar-refractivity contribution in [2.24, 2.45) is 0 Å². The normalized spacial score (nSPS) is 28.7. The van der Waals surface area contributed by atoms with Crippen molar-refractivity contribution in [2.75, 3.05) is 6.61 Å². The Bertz CT molecular complexity index is 890. The number of rotatable bonds is 1. The van der Waals surface area contributed by atoms with Crippen molar-refractivity contribution in [3.8, 4) is 6.07 Å². The second kappa shape index (κ2) is 4.81. The molecule has 2 saturated heterocycles. The first-order valence-corrected chi connectivity index (χ1v) is 7.06. The molecule has 0 aromatic carbocycles. The average Bonchev–Trinajstić information content (AvgIpc) is 3.07. The fraction of sp³-hybridized carbons (Fsp3) is 0.400. The lowest BCUT2D eigenvalue weighted by Crippen LogP contribution is -2.34. The quantitative estimate of drug-likeness (QED) is 0.863. The number of hydrogen-bond acceptors (Lipinski definition) is 5. The van der Waals surface area contributed by atoms with Gasteiger partial charge in [0.2, 0.25) is 0 Å². The van der Waals surface area contributed by atoms with E-state index < -0.39 is 36.3 Å². The van der Waals surface area contributed by atoms with Crippen LogP contribution in [0.4, 0.5) is 8.78 Å². The summed E-state index contributed by atoms with van der Waals surface area (Å²) in [5.41, 5.74) is 0.444. The molecule has 2 aromatic rings. The van der Waals surface area contributed by atoms with Crippen LogP contribution < -0.4 is 5.43 Å². The fourth-order valence-electron chi connectivity index (χ4n) is 3.16. The minimum atomic E-state index is -3.02. The van der Waals surface area contributed by atoms with Crippen LogP contribution in [0.15, 0.2) is 23.1 Å². The number of halogens is 2. The van der Waals surface area contributed by atoms with Crippen LogP contribution in [0, 0.1) is 11.3 Å². The topological polar surface area (TPSA) is 88.0 Å². The lowest BCUT2D eigenvalue weighted by atomic mass is 10.1. The molecule has 6 nitrogen and oxygen atoms in total. The summed E-state index contributed by atoms with van der Waals surface area (Å²) in [6, 6.07) is 4.69. The Morgan fingerprint density at radius 3 is 3.04 bits per heavy atom. The van der Waals surface area contributed by atoms with Gasteiger partial charge in [-0.1, -0.05) is 0 Å². The van der Waals surface area contributed by atoms with E-state index in [1.54, 1.807) is 6.07 Å². The lowest BCUT2D eigenvalue weighted by molar-refractivity contribution is -0.114. The molecule has 8 heteroatoms. The van der Waals surface area contributed by atoms with E-state index in [1.807, 2.05) is 6.07 Å². The summed E-state index contributed by atoms with van der Waals surface area (Å²) in [6.07, 6.45) is -0.993. The van der Waals surface area contributed by atoms with Gasteiger partial charge in [-0.25, -0.2) is 13.8 Å². The number of nitrogens with one attached hydrogen (secondary N) is 1. The Morgan fingerprint density at radius 2 is 2.30 bits per heavy atom. The predicted molar refractivity (Wildman–Crippen MR) is 74.0 cm³/mol. The van der Waals surface area contributed by atoms with Crippen LogP contribution in [-0.2, 0) is 9.47 Å². The molecule has 4 rings (SSSR count). The lowest BCUT2D eigenvalue weighted by Gasteiger charge is -2.18. The van der Waals surface area contributed by atoms with Gasteiger partial charge in [-0.15, -0.1) is 0 Å². The second-order valence-corrected chi connectivity index (χ2v) is 5.67. The van der Waals surface area contributed by atoms with Gasteiger partial charge in [-0.2, -0.15) is 5.26 Å². The molecule has 1 N–H and O–H groups in total. The molecule has 3 atom stereocenters. The van der Waals surface area contributed by atoms with Gasteiger partial charge in [0.05, 0.1) is 17.0 Å². The van der Waals surface area contributed by atoms with Gasteiger partial charge in [0.25, 0.3) is 5.92 Å². The Balaban J connectivity index is 1.75. The largest absolute Gasteiger partial charge is 0.369 e. The first-order valence-electron chi connectivity index (χ1n) is 7.06. The highest BCUT2D eigenvalue weighted by molar-refractivity contribution is 5.82. The minimum absolute atomic E-state index is 0.0226. The number of hydrogen-bond donors (Lipinski definition) is 1. The predicted octanol–water partition coefficient (Wildman–Crippen LogP) is 1.66. The molecule has 0 bridgehead atoms. The van der Waals surface area contributed by atoms with Gasteiger partial charge in [0, 0.05) is 24.4 Å². The van der Waals surface area contributed by atoms with Crippen LogP contribution >= 0.6 is 0 Å². The zero-order chi connectivity index (χ0) is 16.2. The molecule has 0 saturated carbocycles. The molecule has 2 fully saturated rings. The number of nitriles is 1. The van der Waals surface area contributed by atoms with Gasteiger partial charge in [0.15, 0.2) is 17.2 Å².